The second-order valence-corrected chi connectivity index (χ2v) is 5.50. The average molecular weight is 254 g/mol. The highest BCUT2D eigenvalue weighted by Crippen LogP contribution is 2.20. The smallest absolute Gasteiger partial charge is 0.240 e. The van der Waals surface area contributed by atoms with Crippen molar-refractivity contribution in [2.75, 3.05) is 13.2 Å². The first-order valence-electron chi connectivity index (χ1n) is 7.40. The van der Waals surface area contributed by atoms with E-state index in [9.17, 15) is 4.79 Å². The molecule has 2 rings (SSSR count). The van der Waals surface area contributed by atoms with Crippen molar-refractivity contribution < 1.29 is 9.53 Å². The number of amides is 1. The lowest BCUT2D eigenvalue weighted by Gasteiger charge is -2.28. The normalized spacial score (nSPS) is 33.1. The van der Waals surface area contributed by atoms with Gasteiger partial charge in [-0.15, -0.1) is 0 Å². The summed E-state index contributed by atoms with van der Waals surface area (Å²) in [4.78, 5) is 14.1. The van der Waals surface area contributed by atoms with E-state index in [0.29, 0.717) is 6.10 Å². The summed E-state index contributed by atoms with van der Waals surface area (Å²) in [7, 11) is 0. The molecule has 104 valence electrons. The van der Waals surface area contributed by atoms with Crippen molar-refractivity contribution in [3.05, 3.63) is 0 Å². The Morgan fingerprint density at radius 2 is 2.22 bits per heavy atom. The molecule has 18 heavy (non-hydrogen) atoms. The summed E-state index contributed by atoms with van der Waals surface area (Å²) in [6.07, 6.45) is 7.35. The number of carbonyl (C=O) groups is 1. The number of rotatable bonds is 5. The van der Waals surface area contributed by atoms with Gasteiger partial charge in [0.2, 0.25) is 5.91 Å². The standard InChI is InChI=1S/C14H26N2O2/c1-3-6-13-15-11(2)14(17)16(13)9-8-12-7-4-5-10-18-12/h11-13,15H,3-10H2,1-2H3. The maximum absolute atomic E-state index is 12.1. The van der Waals surface area contributed by atoms with Crippen LogP contribution in [0.5, 0.6) is 0 Å². The number of carbonyl (C=O) groups excluding carboxylic acids is 1. The number of nitrogens with one attached hydrogen (secondary N) is 1. The molecule has 2 aliphatic rings. The molecule has 3 atom stereocenters. The highest BCUT2D eigenvalue weighted by atomic mass is 16.5. The van der Waals surface area contributed by atoms with E-state index >= 15 is 0 Å². The fourth-order valence-electron chi connectivity index (χ4n) is 2.95. The molecule has 0 saturated carbocycles. The Morgan fingerprint density at radius 3 is 2.89 bits per heavy atom. The van der Waals surface area contributed by atoms with Crippen molar-refractivity contribution in [2.24, 2.45) is 0 Å². The van der Waals surface area contributed by atoms with E-state index in [1.807, 2.05) is 11.8 Å². The molecule has 4 heteroatoms. The number of ether oxygens (including phenoxy) is 1. The minimum atomic E-state index is -0.0196. The molecule has 0 radical (unpaired) electrons. The van der Waals surface area contributed by atoms with E-state index in [4.69, 9.17) is 4.74 Å². The van der Waals surface area contributed by atoms with Crippen LogP contribution in [0.15, 0.2) is 0 Å². The Kier molecular flexibility index (Phi) is 5.01. The second-order valence-electron chi connectivity index (χ2n) is 5.50. The fraction of sp³-hybridized carbons (Fsp3) is 0.929. The first kappa shape index (κ1) is 13.8. The molecular formula is C14H26N2O2. The highest BCUT2D eigenvalue weighted by molar-refractivity contribution is 5.83. The van der Waals surface area contributed by atoms with Gasteiger partial charge in [0.15, 0.2) is 0 Å². The van der Waals surface area contributed by atoms with Crippen LogP contribution in [-0.4, -0.2) is 42.3 Å². The quantitative estimate of drug-likeness (QED) is 0.814. The molecule has 3 unspecified atom stereocenters. The van der Waals surface area contributed by atoms with E-state index in [-0.39, 0.29) is 18.1 Å². The Labute approximate surface area is 110 Å². The third kappa shape index (κ3) is 3.23. The van der Waals surface area contributed by atoms with Crippen LogP contribution in [-0.2, 0) is 9.53 Å². The largest absolute Gasteiger partial charge is 0.378 e. The van der Waals surface area contributed by atoms with Crippen molar-refractivity contribution in [3.63, 3.8) is 0 Å². The zero-order chi connectivity index (χ0) is 13.0. The third-order valence-electron chi connectivity index (χ3n) is 4.00. The van der Waals surface area contributed by atoms with Crippen LogP contribution in [0.3, 0.4) is 0 Å². The molecule has 2 aliphatic heterocycles. The zero-order valence-corrected chi connectivity index (χ0v) is 11.7. The molecule has 2 fully saturated rings. The van der Waals surface area contributed by atoms with Crippen LogP contribution in [0.2, 0.25) is 0 Å². The highest BCUT2D eigenvalue weighted by Gasteiger charge is 2.35. The molecule has 1 amide bonds. The Bertz CT molecular complexity index is 277. The molecule has 2 heterocycles. The third-order valence-corrected chi connectivity index (χ3v) is 4.00. The maximum Gasteiger partial charge on any atom is 0.240 e. The van der Waals surface area contributed by atoms with Crippen molar-refractivity contribution in [2.45, 2.75) is 70.7 Å². The van der Waals surface area contributed by atoms with Gasteiger partial charge in [0, 0.05) is 13.2 Å². The summed E-state index contributed by atoms with van der Waals surface area (Å²) < 4.78 is 5.74. The number of nitrogens with zero attached hydrogens (tertiary/aromatic N) is 1. The molecular weight excluding hydrogens is 228 g/mol. The molecule has 4 nitrogen and oxygen atoms in total. The van der Waals surface area contributed by atoms with Crippen LogP contribution in [0, 0.1) is 0 Å². The van der Waals surface area contributed by atoms with Crippen LogP contribution in [0.25, 0.3) is 0 Å². The first-order valence-corrected chi connectivity index (χ1v) is 7.40. The summed E-state index contributed by atoms with van der Waals surface area (Å²) >= 11 is 0. The molecule has 1 N–H and O–H groups in total. The molecule has 0 bridgehead atoms. The summed E-state index contributed by atoms with van der Waals surface area (Å²) in [5.41, 5.74) is 0. The SMILES string of the molecule is CCCC1NC(C)C(=O)N1CCC1CCCCO1. The van der Waals surface area contributed by atoms with Crippen LogP contribution < -0.4 is 5.32 Å². The molecule has 0 aromatic rings. The van der Waals surface area contributed by atoms with Gasteiger partial charge in [-0.1, -0.05) is 13.3 Å². The van der Waals surface area contributed by atoms with Gasteiger partial charge in [-0.2, -0.15) is 0 Å². The van der Waals surface area contributed by atoms with Gasteiger partial charge in [-0.25, -0.2) is 0 Å². The monoisotopic (exact) mass is 254 g/mol. The van der Waals surface area contributed by atoms with Crippen molar-refractivity contribution >= 4 is 5.91 Å². The molecule has 0 aromatic carbocycles. The minimum absolute atomic E-state index is 0.0196. The summed E-state index contributed by atoms with van der Waals surface area (Å²) in [6, 6.07) is -0.0196. The first-order chi connectivity index (χ1) is 8.72. The van der Waals surface area contributed by atoms with Crippen molar-refractivity contribution in [3.8, 4) is 0 Å². The molecule has 2 saturated heterocycles. The van der Waals surface area contributed by atoms with E-state index in [1.54, 1.807) is 0 Å². The van der Waals surface area contributed by atoms with E-state index < -0.39 is 0 Å². The average Bonchev–Trinajstić information content (AvgIpc) is 2.65. The maximum atomic E-state index is 12.1. The van der Waals surface area contributed by atoms with Gasteiger partial charge < -0.3 is 9.64 Å². The molecule has 0 spiro atoms. The predicted octanol–water partition coefficient (Wildman–Crippen LogP) is 1.89. The molecule has 0 aromatic heterocycles. The lowest BCUT2D eigenvalue weighted by Crippen LogP contribution is -2.39. The Hall–Kier alpha value is -0.610. The summed E-state index contributed by atoms with van der Waals surface area (Å²) in [5, 5.41) is 3.38. The number of hydrogen-bond donors (Lipinski definition) is 1. The number of hydrogen-bond acceptors (Lipinski definition) is 3. The van der Waals surface area contributed by atoms with Gasteiger partial charge in [-0.3, -0.25) is 10.1 Å². The topological polar surface area (TPSA) is 41.6 Å². The lowest BCUT2D eigenvalue weighted by molar-refractivity contribution is -0.130. The van der Waals surface area contributed by atoms with E-state index in [0.717, 1.165) is 38.8 Å². The van der Waals surface area contributed by atoms with Gasteiger partial charge in [0.1, 0.15) is 0 Å². The van der Waals surface area contributed by atoms with Crippen LogP contribution in [0.4, 0.5) is 0 Å². The molecule has 0 aliphatic carbocycles. The van der Waals surface area contributed by atoms with Gasteiger partial charge in [-0.05, 0) is 39.0 Å². The van der Waals surface area contributed by atoms with Gasteiger partial charge >= 0.3 is 0 Å². The minimum Gasteiger partial charge on any atom is -0.378 e. The van der Waals surface area contributed by atoms with Crippen LogP contribution >= 0.6 is 0 Å². The van der Waals surface area contributed by atoms with Crippen LogP contribution in [0.1, 0.15) is 52.4 Å². The summed E-state index contributed by atoms with van der Waals surface area (Å²) in [6.45, 7) is 5.86. The van der Waals surface area contributed by atoms with Gasteiger partial charge in [0.25, 0.3) is 0 Å². The van der Waals surface area contributed by atoms with Crippen molar-refractivity contribution in [1.29, 1.82) is 0 Å². The summed E-state index contributed by atoms with van der Waals surface area (Å²) in [5.74, 6) is 0.254. The Balaban J connectivity index is 1.83. The second kappa shape index (κ2) is 6.53. The lowest BCUT2D eigenvalue weighted by atomic mass is 10.1. The van der Waals surface area contributed by atoms with E-state index in [1.165, 1.54) is 12.8 Å². The van der Waals surface area contributed by atoms with E-state index in [2.05, 4.69) is 12.2 Å². The van der Waals surface area contributed by atoms with Gasteiger partial charge in [0.05, 0.1) is 18.3 Å². The predicted molar refractivity (Wildman–Crippen MR) is 71.2 cm³/mol. The zero-order valence-electron chi connectivity index (χ0n) is 11.7. The Morgan fingerprint density at radius 1 is 1.39 bits per heavy atom. The van der Waals surface area contributed by atoms with Crippen molar-refractivity contribution in [1.82, 2.24) is 10.2 Å². The fourth-order valence-corrected chi connectivity index (χ4v) is 2.95.